The molecule has 0 aromatic heterocycles. The summed E-state index contributed by atoms with van der Waals surface area (Å²) in [6, 6.07) is 12.0. The van der Waals surface area contributed by atoms with E-state index >= 15 is 0 Å². The van der Waals surface area contributed by atoms with Crippen LogP contribution < -0.4 is 4.72 Å². The Kier molecular flexibility index (Phi) is 6.24. The van der Waals surface area contributed by atoms with E-state index in [-0.39, 0.29) is 23.3 Å². The number of hydrogen-bond acceptors (Lipinski definition) is 5. The molecule has 0 amide bonds. The maximum Gasteiger partial charge on any atom is 0.417 e. The third-order valence-corrected chi connectivity index (χ3v) is 8.95. The zero-order chi connectivity index (χ0) is 25.6. The van der Waals surface area contributed by atoms with Gasteiger partial charge in [-0.15, -0.1) is 0 Å². The highest BCUT2D eigenvalue weighted by molar-refractivity contribution is 7.91. The first kappa shape index (κ1) is 24.9. The molecule has 3 aromatic carbocycles. The monoisotopic (exact) mass is 525 g/mol. The van der Waals surface area contributed by atoms with Gasteiger partial charge in [0.1, 0.15) is 0 Å². The summed E-state index contributed by atoms with van der Waals surface area (Å²) in [5.41, 5.74) is -0.265. The predicted molar refractivity (Wildman–Crippen MR) is 118 cm³/mol. The number of nitrogens with one attached hydrogen (secondary N) is 1. The van der Waals surface area contributed by atoms with Gasteiger partial charge in [-0.1, -0.05) is 24.3 Å². The molecule has 7 nitrogen and oxygen atoms in total. The zero-order valence-corrected chi connectivity index (χ0v) is 19.4. The van der Waals surface area contributed by atoms with Crippen molar-refractivity contribution in [1.29, 1.82) is 0 Å². The average Bonchev–Trinajstić information content (AvgIpc) is 3.19. The molecule has 184 valence electrons. The topological polar surface area (TPSA) is 118 Å². The number of fused-ring (bicyclic) bond motifs is 1. The van der Waals surface area contributed by atoms with Crippen LogP contribution in [-0.2, 0) is 38.9 Å². The third-order valence-electron chi connectivity index (χ3n) is 5.62. The first-order valence-corrected chi connectivity index (χ1v) is 13.1. The van der Waals surface area contributed by atoms with Crippen LogP contribution in [0.2, 0.25) is 0 Å². The van der Waals surface area contributed by atoms with Crippen LogP contribution in [0.4, 0.5) is 13.2 Å². The van der Waals surface area contributed by atoms with Crippen molar-refractivity contribution in [2.24, 2.45) is 0 Å². The minimum Gasteiger partial charge on any atom is -0.478 e. The summed E-state index contributed by atoms with van der Waals surface area (Å²) in [5.74, 6) is -1.16. The average molecular weight is 526 g/mol. The molecule has 3 aromatic rings. The number of benzene rings is 3. The highest BCUT2D eigenvalue weighted by Crippen LogP contribution is 2.37. The van der Waals surface area contributed by atoms with Gasteiger partial charge in [0.05, 0.1) is 25.8 Å². The summed E-state index contributed by atoms with van der Waals surface area (Å²) in [6.07, 6.45) is -4.86. The van der Waals surface area contributed by atoms with Crippen LogP contribution in [0.3, 0.4) is 0 Å². The number of halogens is 3. The van der Waals surface area contributed by atoms with Gasteiger partial charge in [0.2, 0.25) is 19.9 Å². The number of aromatic carboxylic acids is 1. The van der Waals surface area contributed by atoms with Crippen LogP contribution in [0.5, 0.6) is 0 Å². The number of carboxylic acids is 1. The van der Waals surface area contributed by atoms with Crippen molar-refractivity contribution < 1.29 is 39.9 Å². The van der Waals surface area contributed by atoms with E-state index in [2.05, 4.69) is 4.72 Å². The van der Waals surface area contributed by atoms with Gasteiger partial charge in [-0.3, -0.25) is 0 Å². The predicted octanol–water partition coefficient (Wildman–Crippen LogP) is 3.68. The van der Waals surface area contributed by atoms with E-state index in [0.717, 1.165) is 6.07 Å². The van der Waals surface area contributed by atoms with Gasteiger partial charge in [0.15, 0.2) is 0 Å². The fourth-order valence-electron chi connectivity index (χ4n) is 3.98. The van der Waals surface area contributed by atoms with Gasteiger partial charge >= 0.3 is 12.1 Å². The summed E-state index contributed by atoms with van der Waals surface area (Å²) < 4.78 is 95.3. The molecule has 0 bridgehead atoms. The van der Waals surface area contributed by atoms with E-state index in [4.69, 9.17) is 5.11 Å². The van der Waals surface area contributed by atoms with Crippen LogP contribution in [0.15, 0.2) is 81.4 Å². The van der Waals surface area contributed by atoms with E-state index in [0.29, 0.717) is 23.3 Å². The highest BCUT2D eigenvalue weighted by Gasteiger charge is 2.39. The number of rotatable bonds is 6. The van der Waals surface area contributed by atoms with Crippen LogP contribution in [0, 0.1) is 0 Å². The lowest BCUT2D eigenvalue weighted by Crippen LogP contribution is -2.36. The molecular weight excluding hydrogens is 507 g/mol. The number of carboxylic acid groups (broad SMARTS) is 1. The molecule has 0 radical (unpaired) electrons. The zero-order valence-electron chi connectivity index (χ0n) is 17.8. The second-order valence-corrected chi connectivity index (χ2v) is 11.6. The lowest BCUT2D eigenvalue weighted by atomic mass is 10.1. The van der Waals surface area contributed by atoms with Gasteiger partial charge in [-0.25, -0.2) is 26.4 Å². The van der Waals surface area contributed by atoms with Gasteiger partial charge in [-0.2, -0.15) is 13.2 Å². The number of alkyl halides is 3. The minimum atomic E-state index is -5.06. The van der Waals surface area contributed by atoms with Crippen LogP contribution in [0.1, 0.15) is 27.0 Å². The van der Waals surface area contributed by atoms with E-state index in [1.165, 1.54) is 42.5 Å². The molecule has 0 saturated carbocycles. The van der Waals surface area contributed by atoms with Crippen LogP contribution in [0.25, 0.3) is 0 Å². The molecule has 0 heterocycles. The maximum absolute atomic E-state index is 13.7. The van der Waals surface area contributed by atoms with Gasteiger partial charge in [0.25, 0.3) is 0 Å². The molecule has 1 unspecified atom stereocenters. The van der Waals surface area contributed by atoms with Crippen molar-refractivity contribution in [3.8, 4) is 0 Å². The first-order valence-electron chi connectivity index (χ1n) is 10.2. The lowest BCUT2D eigenvalue weighted by molar-refractivity contribution is -0.139. The van der Waals surface area contributed by atoms with Gasteiger partial charge < -0.3 is 5.11 Å². The minimum absolute atomic E-state index is 0.00503. The van der Waals surface area contributed by atoms with Crippen molar-refractivity contribution in [2.45, 2.75) is 39.7 Å². The number of hydrogen-bond donors (Lipinski definition) is 2. The number of sulfonamides is 1. The number of sulfone groups is 1. The Labute approximate surface area is 199 Å². The molecule has 12 heteroatoms. The Morgan fingerprint density at radius 1 is 0.857 bits per heavy atom. The molecule has 0 spiro atoms. The highest BCUT2D eigenvalue weighted by atomic mass is 32.2. The fraction of sp³-hybridized carbons (Fsp3) is 0.174. The summed E-state index contributed by atoms with van der Waals surface area (Å²) >= 11 is 0. The Morgan fingerprint density at radius 3 is 2.14 bits per heavy atom. The molecule has 1 aliphatic carbocycles. The molecule has 4 rings (SSSR count). The number of carbonyl (C=O) groups is 1. The SMILES string of the molecule is O=C(O)c1ccc2c(c1)CC(NS(=O)(=O)c1cc(S(=O)(=O)c3ccccc3)ccc1C(F)(F)F)C2. The first-order chi connectivity index (χ1) is 16.3. The normalized spacial score (nSPS) is 16.1. The molecule has 0 aliphatic heterocycles. The quantitative estimate of drug-likeness (QED) is 0.507. The molecule has 1 aliphatic rings. The Morgan fingerprint density at radius 2 is 1.51 bits per heavy atom. The molecular formula is C23H18F3NO6S2. The van der Waals surface area contributed by atoms with E-state index < -0.39 is 53.4 Å². The Bertz CT molecular complexity index is 1520. The van der Waals surface area contributed by atoms with Crippen molar-refractivity contribution in [2.75, 3.05) is 0 Å². The second kappa shape index (κ2) is 8.77. The van der Waals surface area contributed by atoms with E-state index in [9.17, 15) is 34.8 Å². The Hall–Kier alpha value is -3.22. The van der Waals surface area contributed by atoms with Crippen molar-refractivity contribution in [1.82, 2.24) is 4.72 Å². The smallest absolute Gasteiger partial charge is 0.417 e. The van der Waals surface area contributed by atoms with Crippen molar-refractivity contribution in [3.05, 3.63) is 89.0 Å². The largest absolute Gasteiger partial charge is 0.478 e. The van der Waals surface area contributed by atoms with E-state index in [1.807, 2.05) is 0 Å². The summed E-state index contributed by atoms with van der Waals surface area (Å²) in [4.78, 5) is 9.17. The van der Waals surface area contributed by atoms with Crippen LogP contribution >= 0.6 is 0 Å². The standard InChI is InChI=1S/C23H18F3NO6S2/c24-23(25,26)20-9-8-19(34(30,31)18-4-2-1-3-5-18)13-21(20)35(32,33)27-17-11-14-6-7-15(22(28)29)10-16(14)12-17/h1-10,13,17,27H,11-12H2,(H,28,29). The summed E-state index contributed by atoms with van der Waals surface area (Å²) in [6.45, 7) is 0. The van der Waals surface area contributed by atoms with Gasteiger partial charge in [0, 0.05) is 6.04 Å². The van der Waals surface area contributed by atoms with Crippen molar-refractivity contribution >= 4 is 25.8 Å². The molecule has 2 N–H and O–H groups in total. The lowest BCUT2D eigenvalue weighted by Gasteiger charge is -2.18. The molecule has 1 atom stereocenters. The fourth-order valence-corrected chi connectivity index (χ4v) is 6.85. The van der Waals surface area contributed by atoms with E-state index in [1.54, 1.807) is 6.07 Å². The van der Waals surface area contributed by atoms with Gasteiger partial charge in [-0.05, 0) is 66.4 Å². The third kappa shape index (κ3) is 4.95. The summed E-state index contributed by atoms with van der Waals surface area (Å²) in [5, 5.41) is 9.13. The molecule has 0 fully saturated rings. The molecule has 35 heavy (non-hydrogen) atoms. The molecule has 0 saturated heterocycles. The van der Waals surface area contributed by atoms with Crippen molar-refractivity contribution in [3.63, 3.8) is 0 Å². The van der Waals surface area contributed by atoms with Crippen LogP contribution in [-0.4, -0.2) is 34.0 Å². The second-order valence-electron chi connectivity index (χ2n) is 7.99. The maximum atomic E-state index is 13.7. The summed E-state index contributed by atoms with van der Waals surface area (Å²) in [7, 11) is -9.10. The Balaban J connectivity index is 1.72.